The van der Waals surface area contributed by atoms with E-state index in [-0.39, 0.29) is 18.9 Å². The summed E-state index contributed by atoms with van der Waals surface area (Å²) in [6.07, 6.45) is -3.16. The van der Waals surface area contributed by atoms with Crippen LogP contribution in [0.15, 0.2) is 36.3 Å². The SMILES string of the molecule is CCOP(=O)(/C=C/Nc1cccc(C(F)(F)F)c1)OCC. The minimum absolute atomic E-state index is 0.200. The minimum Gasteiger partial charge on any atom is -0.361 e. The van der Waals surface area contributed by atoms with Crippen LogP contribution in [0, 0.1) is 0 Å². The molecule has 1 rings (SSSR count). The molecule has 0 aliphatic carbocycles. The van der Waals surface area contributed by atoms with Gasteiger partial charge in [0.1, 0.15) is 0 Å². The molecule has 0 radical (unpaired) electrons. The van der Waals surface area contributed by atoms with Crippen LogP contribution in [0.25, 0.3) is 0 Å². The molecule has 0 unspecified atom stereocenters. The van der Waals surface area contributed by atoms with Crippen LogP contribution < -0.4 is 5.32 Å². The van der Waals surface area contributed by atoms with Crippen molar-refractivity contribution in [3.8, 4) is 0 Å². The van der Waals surface area contributed by atoms with Crippen molar-refractivity contribution in [3.05, 3.63) is 41.8 Å². The van der Waals surface area contributed by atoms with Gasteiger partial charge in [0.05, 0.1) is 18.8 Å². The Morgan fingerprint density at radius 2 is 1.86 bits per heavy atom. The van der Waals surface area contributed by atoms with Gasteiger partial charge in [0, 0.05) is 17.7 Å². The Kier molecular flexibility index (Phi) is 6.45. The highest BCUT2D eigenvalue weighted by Gasteiger charge is 2.30. The normalized spacial score (nSPS) is 12.8. The number of hydrogen-bond acceptors (Lipinski definition) is 4. The van der Waals surface area contributed by atoms with Crippen LogP contribution in [-0.4, -0.2) is 13.2 Å². The molecule has 1 N–H and O–H groups in total. The molecule has 21 heavy (non-hydrogen) atoms. The molecule has 1 aromatic carbocycles. The number of hydrogen-bond donors (Lipinski definition) is 1. The zero-order valence-corrected chi connectivity index (χ0v) is 12.6. The summed E-state index contributed by atoms with van der Waals surface area (Å²) in [6.45, 7) is 3.73. The number of halogens is 3. The van der Waals surface area contributed by atoms with E-state index in [2.05, 4.69) is 5.32 Å². The Morgan fingerprint density at radius 1 is 1.24 bits per heavy atom. The molecule has 1 aromatic rings. The van der Waals surface area contributed by atoms with Gasteiger partial charge in [0.15, 0.2) is 0 Å². The monoisotopic (exact) mass is 323 g/mol. The smallest absolute Gasteiger partial charge is 0.361 e. The van der Waals surface area contributed by atoms with E-state index in [1.54, 1.807) is 13.8 Å². The molecule has 0 bridgehead atoms. The Balaban J connectivity index is 2.78. The van der Waals surface area contributed by atoms with Crippen molar-refractivity contribution in [2.24, 2.45) is 0 Å². The number of rotatable bonds is 7. The molecule has 4 nitrogen and oxygen atoms in total. The van der Waals surface area contributed by atoms with E-state index in [0.717, 1.165) is 12.1 Å². The van der Waals surface area contributed by atoms with E-state index < -0.39 is 19.3 Å². The lowest BCUT2D eigenvalue weighted by Crippen LogP contribution is -2.05. The Labute approximate surface area is 121 Å². The highest BCUT2D eigenvalue weighted by molar-refractivity contribution is 7.57. The number of nitrogens with one attached hydrogen (secondary N) is 1. The van der Waals surface area contributed by atoms with Crippen LogP contribution >= 0.6 is 7.60 Å². The summed E-state index contributed by atoms with van der Waals surface area (Å²) >= 11 is 0. The second-order valence-corrected chi connectivity index (χ2v) is 5.81. The second kappa shape index (κ2) is 7.64. The van der Waals surface area contributed by atoms with Crippen molar-refractivity contribution < 1.29 is 26.8 Å². The fraction of sp³-hybridized carbons (Fsp3) is 0.385. The molecule has 0 spiro atoms. The third kappa shape index (κ3) is 5.91. The van der Waals surface area contributed by atoms with E-state index in [1.807, 2.05) is 0 Å². The van der Waals surface area contributed by atoms with Crippen LogP contribution in [-0.2, 0) is 19.8 Å². The standard InChI is InChI=1S/C13H17F3NO3P/c1-3-19-21(18,20-4-2)9-8-17-12-7-5-6-11(10-12)13(14,15)16/h5-10,17H,3-4H2,1-2H3/b9-8+. The lowest BCUT2D eigenvalue weighted by molar-refractivity contribution is -0.137. The second-order valence-electron chi connectivity index (χ2n) is 3.91. The van der Waals surface area contributed by atoms with Crippen LogP contribution in [0.1, 0.15) is 19.4 Å². The number of benzene rings is 1. The molecule has 0 saturated carbocycles. The van der Waals surface area contributed by atoms with Gasteiger partial charge < -0.3 is 14.4 Å². The maximum atomic E-state index is 12.5. The van der Waals surface area contributed by atoms with Crippen molar-refractivity contribution in [2.75, 3.05) is 18.5 Å². The zero-order valence-electron chi connectivity index (χ0n) is 11.7. The van der Waals surface area contributed by atoms with Crippen LogP contribution in [0.3, 0.4) is 0 Å². The van der Waals surface area contributed by atoms with Gasteiger partial charge in [-0.2, -0.15) is 13.2 Å². The first-order chi connectivity index (χ1) is 9.80. The van der Waals surface area contributed by atoms with Gasteiger partial charge in [-0.1, -0.05) is 6.07 Å². The zero-order chi connectivity index (χ0) is 15.9. The first-order valence-electron chi connectivity index (χ1n) is 6.31. The van der Waals surface area contributed by atoms with Gasteiger partial charge in [-0.3, -0.25) is 4.57 Å². The van der Waals surface area contributed by atoms with Crippen LogP contribution in [0.2, 0.25) is 0 Å². The Morgan fingerprint density at radius 3 is 2.38 bits per heavy atom. The summed E-state index contributed by atoms with van der Waals surface area (Å²) in [5.41, 5.74) is -0.542. The van der Waals surface area contributed by atoms with Gasteiger partial charge in [-0.25, -0.2) is 0 Å². The van der Waals surface area contributed by atoms with E-state index in [4.69, 9.17) is 9.05 Å². The molecule has 0 atom stereocenters. The minimum atomic E-state index is -4.41. The van der Waals surface area contributed by atoms with Gasteiger partial charge in [-0.15, -0.1) is 0 Å². The predicted molar refractivity (Wildman–Crippen MR) is 75.1 cm³/mol. The number of anilines is 1. The summed E-state index contributed by atoms with van der Waals surface area (Å²) in [4.78, 5) is 0. The molecular weight excluding hydrogens is 306 g/mol. The van der Waals surface area contributed by atoms with Crippen molar-refractivity contribution in [2.45, 2.75) is 20.0 Å². The van der Waals surface area contributed by atoms with E-state index in [9.17, 15) is 17.7 Å². The molecule has 118 valence electrons. The molecule has 0 aliphatic rings. The van der Waals surface area contributed by atoms with Crippen molar-refractivity contribution in [1.82, 2.24) is 0 Å². The maximum absolute atomic E-state index is 12.5. The van der Waals surface area contributed by atoms with Gasteiger partial charge in [0.25, 0.3) is 0 Å². The first-order valence-corrected chi connectivity index (χ1v) is 7.92. The first kappa shape index (κ1) is 17.8. The van der Waals surface area contributed by atoms with Crippen molar-refractivity contribution in [1.29, 1.82) is 0 Å². The van der Waals surface area contributed by atoms with Crippen LogP contribution in [0.4, 0.5) is 18.9 Å². The van der Waals surface area contributed by atoms with Crippen LogP contribution in [0.5, 0.6) is 0 Å². The van der Waals surface area contributed by atoms with Gasteiger partial charge in [-0.05, 0) is 32.0 Å². The highest BCUT2D eigenvalue weighted by Crippen LogP contribution is 2.49. The van der Waals surface area contributed by atoms with Gasteiger partial charge in [0.2, 0.25) is 0 Å². The Hall–Kier alpha value is -1.30. The lowest BCUT2D eigenvalue weighted by atomic mass is 10.2. The molecule has 8 heteroatoms. The Bertz CT molecular complexity index is 522. The van der Waals surface area contributed by atoms with E-state index in [0.29, 0.717) is 0 Å². The quantitative estimate of drug-likeness (QED) is 0.728. The molecule has 0 saturated heterocycles. The maximum Gasteiger partial charge on any atom is 0.416 e. The van der Waals surface area contributed by atoms with Crippen molar-refractivity contribution in [3.63, 3.8) is 0 Å². The van der Waals surface area contributed by atoms with Gasteiger partial charge >= 0.3 is 13.8 Å². The van der Waals surface area contributed by atoms with E-state index >= 15 is 0 Å². The fourth-order valence-electron chi connectivity index (χ4n) is 1.49. The summed E-state index contributed by atoms with van der Waals surface area (Å²) in [5.74, 6) is 1.18. The molecule has 0 aliphatic heterocycles. The predicted octanol–water partition coefficient (Wildman–Crippen LogP) is 4.85. The lowest BCUT2D eigenvalue weighted by Gasteiger charge is -2.13. The summed E-state index contributed by atoms with van der Waals surface area (Å²) in [5, 5.41) is 2.62. The highest BCUT2D eigenvalue weighted by atomic mass is 31.2. The third-order valence-corrected chi connectivity index (χ3v) is 4.07. The average Bonchev–Trinajstić information content (AvgIpc) is 2.38. The topological polar surface area (TPSA) is 47.6 Å². The molecule has 0 amide bonds. The summed E-state index contributed by atoms with van der Waals surface area (Å²) in [6, 6.07) is 4.67. The summed E-state index contributed by atoms with van der Waals surface area (Å²) in [7, 11) is -3.37. The average molecular weight is 323 g/mol. The molecule has 0 fully saturated rings. The number of alkyl halides is 3. The largest absolute Gasteiger partial charge is 0.416 e. The fourth-order valence-corrected chi connectivity index (χ4v) is 2.72. The van der Waals surface area contributed by atoms with Crippen molar-refractivity contribution >= 4 is 13.3 Å². The third-order valence-electron chi connectivity index (χ3n) is 2.32. The molecular formula is C13H17F3NO3P. The molecule has 0 aromatic heterocycles. The molecule has 0 heterocycles. The van der Waals surface area contributed by atoms with E-state index in [1.165, 1.54) is 24.1 Å². The summed E-state index contributed by atoms with van der Waals surface area (Å²) < 4.78 is 59.8.